The van der Waals surface area contributed by atoms with E-state index in [1.165, 1.54) is 49.1 Å². The van der Waals surface area contributed by atoms with E-state index in [1.807, 2.05) is 7.05 Å². The average molecular weight is 298 g/mol. The number of benzene rings is 1. The number of nitrogens with zero attached hydrogens (tertiary/aromatic N) is 3. The van der Waals surface area contributed by atoms with Crippen LogP contribution in [0.5, 0.6) is 0 Å². The van der Waals surface area contributed by atoms with E-state index in [2.05, 4.69) is 53.5 Å². The molecule has 0 spiro atoms. The van der Waals surface area contributed by atoms with E-state index < -0.39 is 0 Å². The van der Waals surface area contributed by atoms with Gasteiger partial charge in [-0.3, -0.25) is 4.98 Å². The van der Waals surface area contributed by atoms with E-state index in [0.717, 1.165) is 17.8 Å². The van der Waals surface area contributed by atoms with Crippen LogP contribution in [-0.2, 0) is 6.54 Å². The molecule has 0 unspecified atom stereocenters. The number of rotatable bonds is 4. The molecule has 0 radical (unpaired) electrons. The molecule has 4 nitrogen and oxygen atoms in total. The molecule has 1 aliphatic heterocycles. The van der Waals surface area contributed by atoms with E-state index in [0.29, 0.717) is 0 Å². The summed E-state index contributed by atoms with van der Waals surface area (Å²) in [6.07, 6.45) is 3.97. The van der Waals surface area contributed by atoms with E-state index in [-0.39, 0.29) is 0 Å². The van der Waals surface area contributed by atoms with Crippen LogP contribution in [0.25, 0.3) is 10.9 Å². The Labute approximate surface area is 133 Å². The minimum Gasteiger partial charge on any atom is -0.377 e. The summed E-state index contributed by atoms with van der Waals surface area (Å²) in [6, 6.07) is 8.90. The third-order valence-electron chi connectivity index (χ3n) is 4.38. The molecule has 0 saturated carbocycles. The molecule has 0 bridgehead atoms. The molecule has 1 aromatic carbocycles. The molecule has 2 heterocycles. The van der Waals surface area contributed by atoms with Crippen molar-refractivity contribution < 1.29 is 0 Å². The zero-order chi connectivity index (χ0) is 15.5. The normalized spacial score (nSPS) is 15.3. The molecule has 3 rings (SSSR count). The van der Waals surface area contributed by atoms with Crippen molar-refractivity contribution in [3.8, 4) is 0 Å². The van der Waals surface area contributed by atoms with Crippen LogP contribution in [-0.4, -0.2) is 39.2 Å². The van der Waals surface area contributed by atoms with Crippen LogP contribution < -0.4 is 15.1 Å². The van der Waals surface area contributed by atoms with Crippen molar-refractivity contribution in [3.63, 3.8) is 0 Å². The van der Waals surface area contributed by atoms with Crippen molar-refractivity contribution in [1.29, 1.82) is 0 Å². The number of hydrogen-bond acceptors (Lipinski definition) is 4. The van der Waals surface area contributed by atoms with Gasteiger partial charge in [-0.15, -0.1) is 0 Å². The van der Waals surface area contributed by atoms with Crippen molar-refractivity contribution in [2.45, 2.75) is 25.8 Å². The van der Waals surface area contributed by atoms with Crippen LogP contribution in [0.2, 0.25) is 0 Å². The largest absolute Gasteiger partial charge is 0.377 e. The van der Waals surface area contributed by atoms with Crippen molar-refractivity contribution in [3.05, 3.63) is 30.0 Å². The maximum absolute atomic E-state index is 4.79. The number of anilines is 2. The predicted molar refractivity (Wildman–Crippen MR) is 94.9 cm³/mol. The molecule has 0 amide bonds. The lowest BCUT2D eigenvalue weighted by Gasteiger charge is -2.29. The fourth-order valence-electron chi connectivity index (χ4n) is 3.24. The third-order valence-corrected chi connectivity index (χ3v) is 4.38. The van der Waals surface area contributed by atoms with Gasteiger partial charge in [0.1, 0.15) is 0 Å². The summed E-state index contributed by atoms with van der Waals surface area (Å²) in [5.74, 6) is 0. The molecular weight excluding hydrogens is 272 g/mol. The highest BCUT2D eigenvalue weighted by Crippen LogP contribution is 2.30. The summed E-state index contributed by atoms with van der Waals surface area (Å²) in [6.45, 7) is 3.15. The summed E-state index contributed by atoms with van der Waals surface area (Å²) >= 11 is 0. The fraction of sp³-hybridized carbons (Fsp3) is 0.500. The topological polar surface area (TPSA) is 31.4 Å². The second kappa shape index (κ2) is 6.53. The number of nitrogens with one attached hydrogen (secondary N) is 1. The van der Waals surface area contributed by atoms with Crippen molar-refractivity contribution in [2.24, 2.45) is 0 Å². The molecule has 4 heteroatoms. The lowest BCUT2D eigenvalue weighted by molar-refractivity contribution is 0.578. The van der Waals surface area contributed by atoms with Crippen molar-refractivity contribution in [1.82, 2.24) is 10.3 Å². The summed E-state index contributed by atoms with van der Waals surface area (Å²) in [4.78, 5) is 9.47. The lowest BCUT2D eigenvalue weighted by atomic mass is 10.1. The second-order valence-electron chi connectivity index (χ2n) is 6.31. The third kappa shape index (κ3) is 3.02. The van der Waals surface area contributed by atoms with Crippen LogP contribution in [0.4, 0.5) is 11.4 Å². The minimum absolute atomic E-state index is 0.796. The Balaban J connectivity index is 2.05. The smallest absolute Gasteiger partial charge is 0.0728 e. The highest BCUT2D eigenvalue weighted by Gasteiger charge is 2.14. The number of fused-ring (bicyclic) bond motifs is 1. The van der Waals surface area contributed by atoms with Crippen molar-refractivity contribution in [2.75, 3.05) is 44.0 Å². The van der Waals surface area contributed by atoms with Gasteiger partial charge in [0, 0.05) is 50.5 Å². The van der Waals surface area contributed by atoms with Gasteiger partial charge in [-0.2, -0.15) is 0 Å². The first kappa shape index (κ1) is 15.1. The van der Waals surface area contributed by atoms with Gasteiger partial charge in [0.15, 0.2) is 0 Å². The summed E-state index contributed by atoms with van der Waals surface area (Å²) in [5, 5.41) is 4.43. The lowest BCUT2D eigenvalue weighted by Crippen LogP contribution is -2.29. The number of pyridine rings is 1. The average Bonchev–Trinajstić information content (AvgIpc) is 2.54. The van der Waals surface area contributed by atoms with Crippen LogP contribution >= 0.6 is 0 Å². The first-order chi connectivity index (χ1) is 10.7. The maximum atomic E-state index is 4.79. The maximum Gasteiger partial charge on any atom is 0.0728 e. The molecule has 1 saturated heterocycles. The molecule has 118 valence electrons. The Morgan fingerprint density at radius 1 is 1.14 bits per heavy atom. The highest BCUT2D eigenvalue weighted by molar-refractivity contribution is 5.94. The Hall–Kier alpha value is -1.81. The van der Waals surface area contributed by atoms with E-state index in [9.17, 15) is 0 Å². The Morgan fingerprint density at radius 3 is 2.59 bits per heavy atom. The van der Waals surface area contributed by atoms with Gasteiger partial charge in [0.05, 0.1) is 11.2 Å². The molecule has 2 aromatic rings. The van der Waals surface area contributed by atoms with Gasteiger partial charge in [0.25, 0.3) is 0 Å². The Kier molecular flexibility index (Phi) is 4.48. The van der Waals surface area contributed by atoms with Crippen LogP contribution in [0.15, 0.2) is 24.3 Å². The minimum atomic E-state index is 0.796. The van der Waals surface area contributed by atoms with E-state index >= 15 is 0 Å². The first-order valence-electron chi connectivity index (χ1n) is 8.19. The molecular formula is C18H26N4. The molecule has 0 atom stereocenters. The van der Waals surface area contributed by atoms with Gasteiger partial charge >= 0.3 is 0 Å². The summed E-state index contributed by atoms with van der Waals surface area (Å²) < 4.78 is 0. The fourth-order valence-corrected chi connectivity index (χ4v) is 3.24. The highest BCUT2D eigenvalue weighted by atomic mass is 15.1. The number of hydrogen-bond donors (Lipinski definition) is 1. The molecule has 0 aliphatic carbocycles. The van der Waals surface area contributed by atoms with Crippen LogP contribution in [0.1, 0.15) is 25.0 Å². The van der Waals surface area contributed by atoms with E-state index in [1.54, 1.807) is 0 Å². The molecule has 1 aliphatic rings. The molecule has 1 N–H and O–H groups in total. The molecule has 1 fully saturated rings. The zero-order valence-corrected chi connectivity index (χ0v) is 13.9. The van der Waals surface area contributed by atoms with Crippen molar-refractivity contribution >= 4 is 22.3 Å². The van der Waals surface area contributed by atoms with Gasteiger partial charge < -0.3 is 15.1 Å². The van der Waals surface area contributed by atoms with Crippen LogP contribution in [0, 0.1) is 0 Å². The Morgan fingerprint density at radius 2 is 1.91 bits per heavy atom. The predicted octanol–water partition coefficient (Wildman–Crippen LogP) is 3.01. The van der Waals surface area contributed by atoms with Gasteiger partial charge in [-0.1, -0.05) is 0 Å². The zero-order valence-electron chi connectivity index (χ0n) is 13.9. The van der Waals surface area contributed by atoms with Gasteiger partial charge in [0.2, 0.25) is 0 Å². The van der Waals surface area contributed by atoms with Gasteiger partial charge in [-0.05, 0) is 50.6 Å². The summed E-state index contributed by atoms with van der Waals surface area (Å²) in [5.41, 5.74) is 4.74. The monoisotopic (exact) mass is 298 g/mol. The van der Waals surface area contributed by atoms with Crippen LogP contribution in [0.3, 0.4) is 0 Å². The second-order valence-corrected chi connectivity index (χ2v) is 6.31. The summed E-state index contributed by atoms with van der Waals surface area (Å²) in [7, 11) is 6.16. The first-order valence-corrected chi connectivity index (χ1v) is 8.19. The standard InChI is InChI=1S/C18H26N4/c1-19-13-14-11-18(21(2)3)16-12-15(7-8-17(16)20-14)22-9-5-4-6-10-22/h7-8,11-12,19H,4-6,9-10,13H2,1-3H3. The van der Waals surface area contributed by atoms with E-state index in [4.69, 9.17) is 4.98 Å². The number of aromatic nitrogens is 1. The van der Waals surface area contributed by atoms with Gasteiger partial charge in [-0.25, -0.2) is 0 Å². The molecule has 22 heavy (non-hydrogen) atoms. The number of piperidine rings is 1. The Bertz CT molecular complexity index is 645. The quantitative estimate of drug-likeness (QED) is 0.940. The molecule has 1 aromatic heterocycles. The SMILES string of the molecule is CNCc1cc(N(C)C)c2cc(N3CCCCC3)ccc2n1.